The van der Waals surface area contributed by atoms with E-state index in [1.54, 1.807) is 12.1 Å². The number of hydrogen-bond acceptors (Lipinski definition) is 4. The molecule has 0 spiro atoms. The van der Waals surface area contributed by atoms with Crippen molar-refractivity contribution in [1.82, 2.24) is 0 Å². The number of benzene rings is 1. The summed E-state index contributed by atoms with van der Waals surface area (Å²) in [6.45, 7) is 6.82. The van der Waals surface area contributed by atoms with Gasteiger partial charge >= 0.3 is 0 Å². The molecule has 0 atom stereocenters. The van der Waals surface area contributed by atoms with Gasteiger partial charge in [-0.1, -0.05) is 20.8 Å². The summed E-state index contributed by atoms with van der Waals surface area (Å²) < 4.78 is 23.5. The Morgan fingerprint density at radius 2 is 1.87 bits per heavy atom. The lowest BCUT2D eigenvalue weighted by molar-refractivity contribution is -0.117. The number of carbonyl (C=O) groups excluding carboxylic acids is 1. The third-order valence-electron chi connectivity index (χ3n) is 3.66. The lowest BCUT2D eigenvalue weighted by Gasteiger charge is -2.19. The molecule has 0 radical (unpaired) electrons. The van der Waals surface area contributed by atoms with Crippen LogP contribution < -0.4 is 10.6 Å². The topological polar surface area (TPSA) is 75.3 Å². The zero-order valence-corrected chi connectivity index (χ0v) is 15.1. The van der Waals surface area contributed by atoms with E-state index >= 15 is 0 Å². The van der Waals surface area contributed by atoms with Crippen molar-refractivity contribution in [3.63, 3.8) is 0 Å². The van der Waals surface area contributed by atoms with E-state index in [0.29, 0.717) is 18.0 Å². The van der Waals surface area contributed by atoms with Crippen LogP contribution >= 0.6 is 0 Å². The van der Waals surface area contributed by atoms with Gasteiger partial charge in [0.25, 0.3) is 0 Å². The van der Waals surface area contributed by atoms with Gasteiger partial charge in [-0.2, -0.15) is 0 Å². The maximum Gasteiger partial charge on any atom is 0.224 e. The average molecular weight is 338 g/mol. The molecule has 1 saturated carbocycles. The van der Waals surface area contributed by atoms with Gasteiger partial charge in [-0.15, -0.1) is 0 Å². The summed E-state index contributed by atoms with van der Waals surface area (Å²) in [5.41, 5.74) is 1.18. The summed E-state index contributed by atoms with van der Waals surface area (Å²) in [6, 6.07) is 4.83. The molecule has 2 rings (SSSR count). The van der Waals surface area contributed by atoms with Crippen LogP contribution in [0.4, 0.5) is 11.4 Å². The fraction of sp³-hybridized carbons (Fsp3) is 0.588. The lowest BCUT2D eigenvalue weighted by Crippen LogP contribution is -2.20. The van der Waals surface area contributed by atoms with Gasteiger partial charge in [0.05, 0.1) is 16.3 Å². The van der Waals surface area contributed by atoms with Crippen LogP contribution in [-0.4, -0.2) is 27.1 Å². The Balaban J connectivity index is 2.21. The van der Waals surface area contributed by atoms with E-state index in [1.165, 1.54) is 25.2 Å². The molecule has 128 valence electrons. The molecule has 0 unspecified atom stereocenters. The maximum atomic E-state index is 12.2. The average Bonchev–Trinajstić information content (AvgIpc) is 3.17. The number of anilines is 2. The molecule has 1 aliphatic carbocycles. The summed E-state index contributed by atoms with van der Waals surface area (Å²) in [7, 11) is -3.31. The van der Waals surface area contributed by atoms with Gasteiger partial charge in [0.15, 0.2) is 9.84 Å². The first-order valence-corrected chi connectivity index (χ1v) is 9.81. The molecular weight excluding hydrogens is 312 g/mol. The van der Waals surface area contributed by atoms with Crippen LogP contribution in [0.1, 0.15) is 40.0 Å². The van der Waals surface area contributed by atoms with Crippen LogP contribution in [0.5, 0.6) is 0 Å². The van der Waals surface area contributed by atoms with E-state index in [1.807, 2.05) is 20.8 Å². The molecule has 1 fully saturated rings. The third-order valence-corrected chi connectivity index (χ3v) is 4.77. The monoisotopic (exact) mass is 338 g/mol. The Morgan fingerprint density at radius 1 is 1.22 bits per heavy atom. The van der Waals surface area contributed by atoms with Gasteiger partial charge < -0.3 is 10.6 Å². The highest BCUT2D eigenvalue weighted by molar-refractivity contribution is 7.90. The Morgan fingerprint density at radius 3 is 2.39 bits per heavy atom. The summed E-state index contributed by atoms with van der Waals surface area (Å²) in [6.07, 6.45) is 3.98. The van der Waals surface area contributed by atoms with Crippen LogP contribution in [0.3, 0.4) is 0 Å². The van der Waals surface area contributed by atoms with Gasteiger partial charge in [-0.05, 0) is 42.4 Å². The number of amides is 1. The molecule has 6 heteroatoms. The Bertz CT molecular complexity index is 686. The fourth-order valence-corrected chi connectivity index (χ4v) is 2.91. The Hall–Kier alpha value is -1.56. The molecule has 0 aromatic heterocycles. The van der Waals surface area contributed by atoms with Crippen LogP contribution in [-0.2, 0) is 14.6 Å². The first-order chi connectivity index (χ1) is 10.5. The van der Waals surface area contributed by atoms with Gasteiger partial charge in [-0.3, -0.25) is 4.79 Å². The minimum absolute atomic E-state index is 0.113. The summed E-state index contributed by atoms with van der Waals surface area (Å²) in [4.78, 5) is 12.4. The van der Waals surface area contributed by atoms with Crippen molar-refractivity contribution < 1.29 is 13.2 Å². The SMILES string of the molecule is CC(C)(C)CC(=O)Nc1cc(S(C)(=O)=O)ccc1NCC1CC1. The van der Waals surface area contributed by atoms with E-state index in [2.05, 4.69) is 10.6 Å². The molecule has 2 N–H and O–H groups in total. The molecule has 1 aliphatic rings. The number of sulfone groups is 1. The fourth-order valence-electron chi connectivity index (χ4n) is 2.26. The van der Waals surface area contributed by atoms with Gasteiger partial charge in [0.1, 0.15) is 0 Å². The second-order valence-electron chi connectivity index (χ2n) is 7.59. The third kappa shape index (κ3) is 5.86. The highest BCUT2D eigenvalue weighted by atomic mass is 32.2. The number of hydrogen-bond donors (Lipinski definition) is 2. The molecular formula is C17H26N2O3S. The highest BCUT2D eigenvalue weighted by Crippen LogP contribution is 2.32. The largest absolute Gasteiger partial charge is 0.383 e. The molecule has 0 bridgehead atoms. The summed E-state index contributed by atoms with van der Waals surface area (Å²) >= 11 is 0. The molecule has 1 aromatic carbocycles. The van der Waals surface area contributed by atoms with E-state index in [0.717, 1.165) is 12.2 Å². The van der Waals surface area contributed by atoms with Crippen LogP contribution in [0.2, 0.25) is 0 Å². The van der Waals surface area contributed by atoms with Crippen LogP contribution in [0.25, 0.3) is 0 Å². The first-order valence-electron chi connectivity index (χ1n) is 7.92. The van der Waals surface area contributed by atoms with Crippen molar-refractivity contribution in [1.29, 1.82) is 0 Å². The predicted octanol–water partition coefficient (Wildman–Crippen LogP) is 3.29. The smallest absolute Gasteiger partial charge is 0.224 e. The minimum Gasteiger partial charge on any atom is -0.383 e. The standard InChI is InChI=1S/C17H26N2O3S/c1-17(2,3)10-16(20)19-15-9-13(23(4,21)22)7-8-14(15)18-11-12-5-6-12/h7-9,12,18H,5-6,10-11H2,1-4H3,(H,19,20). The van der Waals surface area contributed by atoms with Crippen LogP contribution in [0.15, 0.2) is 23.1 Å². The zero-order valence-electron chi connectivity index (χ0n) is 14.3. The van der Waals surface area contributed by atoms with E-state index in [9.17, 15) is 13.2 Å². The van der Waals surface area contributed by atoms with Gasteiger partial charge in [0, 0.05) is 19.2 Å². The Labute approximate surface area is 138 Å². The van der Waals surface area contributed by atoms with Crippen molar-refractivity contribution in [2.45, 2.75) is 44.9 Å². The van der Waals surface area contributed by atoms with Crippen molar-refractivity contribution in [2.75, 3.05) is 23.4 Å². The normalized spacial score (nSPS) is 15.3. The predicted molar refractivity (Wildman–Crippen MR) is 93.5 cm³/mol. The lowest BCUT2D eigenvalue weighted by atomic mass is 9.92. The van der Waals surface area contributed by atoms with Crippen molar-refractivity contribution in [3.05, 3.63) is 18.2 Å². The molecule has 0 heterocycles. The van der Waals surface area contributed by atoms with E-state index in [4.69, 9.17) is 0 Å². The van der Waals surface area contributed by atoms with E-state index < -0.39 is 9.84 Å². The second kappa shape index (κ2) is 6.51. The van der Waals surface area contributed by atoms with Gasteiger partial charge in [-0.25, -0.2) is 8.42 Å². The minimum atomic E-state index is -3.31. The number of carbonyl (C=O) groups is 1. The highest BCUT2D eigenvalue weighted by Gasteiger charge is 2.22. The molecule has 5 nitrogen and oxygen atoms in total. The zero-order chi connectivity index (χ0) is 17.3. The first kappa shape index (κ1) is 17.8. The number of rotatable bonds is 6. The van der Waals surface area contributed by atoms with Crippen molar-refractivity contribution in [3.8, 4) is 0 Å². The van der Waals surface area contributed by atoms with Crippen LogP contribution in [0, 0.1) is 11.3 Å². The van der Waals surface area contributed by atoms with Gasteiger partial charge in [0.2, 0.25) is 5.91 Å². The molecule has 1 amide bonds. The molecule has 23 heavy (non-hydrogen) atoms. The molecule has 0 saturated heterocycles. The Kier molecular flexibility index (Phi) is 5.04. The van der Waals surface area contributed by atoms with Crippen molar-refractivity contribution >= 4 is 27.1 Å². The second-order valence-corrected chi connectivity index (χ2v) is 9.61. The van der Waals surface area contributed by atoms with E-state index in [-0.39, 0.29) is 16.2 Å². The summed E-state index contributed by atoms with van der Waals surface area (Å²) in [5.74, 6) is 0.570. The van der Waals surface area contributed by atoms with Crippen molar-refractivity contribution in [2.24, 2.45) is 11.3 Å². The number of nitrogens with one attached hydrogen (secondary N) is 2. The summed E-state index contributed by atoms with van der Waals surface area (Å²) in [5, 5.41) is 6.17. The quantitative estimate of drug-likeness (QED) is 0.834. The molecule has 1 aromatic rings. The molecule has 0 aliphatic heterocycles. The maximum absolute atomic E-state index is 12.2.